The molecule has 0 amide bonds. The fourth-order valence-corrected chi connectivity index (χ4v) is 3.08. The summed E-state index contributed by atoms with van der Waals surface area (Å²) in [6.45, 7) is 2.41. The SMILES string of the molecule is Fc1ccc(C(Cl)CN2CCc3ccccc3C2)cc1F. The number of hydrogen-bond acceptors (Lipinski definition) is 1. The summed E-state index contributed by atoms with van der Waals surface area (Å²) in [6, 6.07) is 12.2. The van der Waals surface area contributed by atoms with Crippen molar-refractivity contribution in [3.63, 3.8) is 0 Å². The van der Waals surface area contributed by atoms with Crippen molar-refractivity contribution < 1.29 is 8.78 Å². The molecule has 0 radical (unpaired) electrons. The Morgan fingerprint density at radius 1 is 1.05 bits per heavy atom. The van der Waals surface area contributed by atoms with Gasteiger partial charge >= 0.3 is 0 Å². The second-order valence-electron chi connectivity index (χ2n) is 5.39. The highest BCUT2D eigenvalue weighted by Crippen LogP contribution is 2.26. The van der Waals surface area contributed by atoms with Crippen LogP contribution < -0.4 is 0 Å². The van der Waals surface area contributed by atoms with Crippen LogP contribution in [0.5, 0.6) is 0 Å². The van der Waals surface area contributed by atoms with Crippen LogP contribution in [0.2, 0.25) is 0 Å². The van der Waals surface area contributed by atoms with Crippen molar-refractivity contribution in [2.24, 2.45) is 0 Å². The summed E-state index contributed by atoms with van der Waals surface area (Å²) in [5.41, 5.74) is 3.32. The third-order valence-electron chi connectivity index (χ3n) is 3.93. The van der Waals surface area contributed by atoms with E-state index in [9.17, 15) is 8.78 Å². The number of rotatable bonds is 3. The van der Waals surface area contributed by atoms with E-state index in [0.29, 0.717) is 12.1 Å². The number of fused-ring (bicyclic) bond motifs is 1. The molecule has 0 fully saturated rings. The van der Waals surface area contributed by atoms with Crippen LogP contribution in [0.25, 0.3) is 0 Å². The van der Waals surface area contributed by atoms with Gasteiger partial charge in [-0.3, -0.25) is 4.90 Å². The van der Waals surface area contributed by atoms with Gasteiger partial charge in [-0.1, -0.05) is 30.3 Å². The Kier molecular flexibility index (Phi) is 4.22. The molecular weight excluding hydrogens is 292 g/mol. The fourth-order valence-electron chi connectivity index (χ4n) is 2.75. The first-order valence-corrected chi connectivity index (χ1v) is 7.45. The standard InChI is InChI=1S/C17H16ClF2N/c18-15(13-5-6-16(19)17(20)9-13)11-21-8-7-12-3-1-2-4-14(12)10-21/h1-6,9,15H,7-8,10-11H2. The van der Waals surface area contributed by atoms with Crippen LogP contribution in [0.3, 0.4) is 0 Å². The van der Waals surface area contributed by atoms with Gasteiger partial charge in [0.05, 0.1) is 5.38 Å². The molecule has 3 rings (SSSR count). The largest absolute Gasteiger partial charge is 0.297 e. The molecule has 0 aliphatic carbocycles. The number of halogens is 3. The third kappa shape index (κ3) is 3.25. The second-order valence-corrected chi connectivity index (χ2v) is 5.92. The summed E-state index contributed by atoms with van der Waals surface area (Å²) in [4.78, 5) is 2.25. The molecule has 0 spiro atoms. The van der Waals surface area contributed by atoms with Gasteiger partial charge in [-0.15, -0.1) is 11.6 Å². The molecule has 0 N–H and O–H groups in total. The van der Waals surface area contributed by atoms with Gasteiger partial charge in [0.25, 0.3) is 0 Å². The first-order valence-electron chi connectivity index (χ1n) is 7.01. The topological polar surface area (TPSA) is 3.24 Å². The highest BCUT2D eigenvalue weighted by Gasteiger charge is 2.20. The predicted octanol–water partition coefficient (Wildman–Crippen LogP) is 4.30. The van der Waals surface area contributed by atoms with E-state index >= 15 is 0 Å². The molecule has 1 aliphatic rings. The van der Waals surface area contributed by atoms with E-state index in [1.54, 1.807) is 6.07 Å². The van der Waals surface area contributed by atoms with Gasteiger partial charge in [-0.05, 0) is 35.2 Å². The summed E-state index contributed by atoms with van der Waals surface area (Å²) >= 11 is 6.36. The van der Waals surface area contributed by atoms with Gasteiger partial charge < -0.3 is 0 Å². The first kappa shape index (κ1) is 14.5. The molecule has 0 aromatic heterocycles. The van der Waals surface area contributed by atoms with Crippen molar-refractivity contribution >= 4 is 11.6 Å². The van der Waals surface area contributed by atoms with Crippen LogP contribution in [0.4, 0.5) is 8.78 Å². The maximum absolute atomic E-state index is 13.3. The van der Waals surface area contributed by atoms with E-state index in [0.717, 1.165) is 25.6 Å². The molecule has 0 saturated carbocycles. The molecule has 0 saturated heterocycles. The van der Waals surface area contributed by atoms with E-state index < -0.39 is 11.6 Å². The zero-order chi connectivity index (χ0) is 14.8. The van der Waals surface area contributed by atoms with Crippen molar-refractivity contribution in [3.05, 3.63) is 70.8 Å². The maximum Gasteiger partial charge on any atom is 0.159 e. The molecule has 1 unspecified atom stereocenters. The van der Waals surface area contributed by atoms with Crippen molar-refractivity contribution in [2.45, 2.75) is 18.3 Å². The summed E-state index contributed by atoms with van der Waals surface area (Å²) in [5, 5.41) is -0.342. The zero-order valence-electron chi connectivity index (χ0n) is 11.5. The maximum atomic E-state index is 13.3. The third-order valence-corrected chi connectivity index (χ3v) is 4.32. The molecule has 1 atom stereocenters. The average Bonchev–Trinajstić information content (AvgIpc) is 2.50. The summed E-state index contributed by atoms with van der Waals surface area (Å²) in [6.07, 6.45) is 0.998. The Balaban J connectivity index is 1.68. The van der Waals surface area contributed by atoms with E-state index in [-0.39, 0.29) is 5.38 Å². The van der Waals surface area contributed by atoms with Gasteiger partial charge in [0.2, 0.25) is 0 Å². The lowest BCUT2D eigenvalue weighted by atomic mass is 9.99. The van der Waals surface area contributed by atoms with Crippen LogP contribution in [-0.4, -0.2) is 18.0 Å². The van der Waals surface area contributed by atoms with Crippen LogP contribution in [0, 0.1) is 11.6 Å². The molecule has 0 bridgehead atoms. The summed E-state index contributed by atoms with van der Waals surface area (Å²) in [5.74, 6) is -1.68. The quantitative estimate of drug-likeness (QED) is 0.764. The zero-order valence-corrected chi connectivity index (χ0v) is 12.3. The molecule has 1 nitrogen and oxygen atoms in total. The number of hydrogen-bond donors (Lipinski definition) is 0. The number of benzene rings is 2. The normalized spacial score (nSPS) is 16.5. The van der Waals surface area contributed by atoms with Crippen molar-refractivity contribution in [3.8, 4) is 0 Å². The minimum atomic E-state index is -0.845. The Morgan fingerprint density at radius 2 is 1.81 bits per heavy atom. The molecule has 4 heteroatoms. The lowest BCUT2D eigenvalue weighted by Gasteiger charge is -2.30. The fraction of sp³-hybridized carbons (Fsp3) is 0.294. The minimum Gasteiger partial charge on any atom is -0.297 e. The van der Waals surface area contributed by atoms with Crippen LogP contribution in [0.1, 0.15) is 22.1 Å². The Hall–Kier alpha value is -1.45. The second kappa shape index (κ2) is 6.12. The smallest absolute Gasteiger partial charge is 0.159 e. The van der Waals surface area contributed by atoms with Crippen LogP contribution >= 0.6 is 11.6 Å². The molecular formula is C17H16ClF2N. The highest BCUT2D eigenvalue weighted by molar-refractivity contribution is 6.21. The van der Waals surface area contributed by atoms with Gasteiger partial charge in [-0.25, -0.2) is 8.78 Å². The molecule has 1 heterocycles. The minimum absolute atomic E-state index is 0.342. The van der Waals surface area contributed by atoms with Gasteiger partial charge in [0, 0.05) is 19.6 Å². The molecule has 2 aromatic rings. The predicted molar refractivity (Wildman–Crippen MR) is 80.4 cm³/mol. The van der Waals surface area contributed by atoms with Crippen LogP contribution in [-0.2, 0) is 13.0 Å². The highest BCUT2D eigenvalue weighted by atomic mass is 35.5. The summed E-state index contributed by atoms with van der Waals surface area (Å²) < 4.78 is 26.2. The van der Waals surface area contributed by atoms with Gasteiger partial charge in [-0.2, -0.15) is 0 Å². The van der Waals surface area contributed by atoms with Crippen molar-refractivity contribution in [1.82, 2.24) is 4.90 Å². The average molecular weight is 308 g/mol. The molecule has 1 aliphatic heterocycles. The van der Waals surface area contributed by atoms with E-state index in [1.165, 1.54) is 17.2 Å². The Morgan fingerprint density at radius 3 is 2.57 bits per heavy atom. The monoisotopic (exact) mass is 307 g/mol. The van der Waals surface area contributed by atoms with Crippen molar-refractivity contribution in [2.75, 3.05) is 13.1 Å². The number of alkyl halides is 1. The van der Waals surface area contributed by atoms with E-state index in [4.69, 9.17) is 11.6 Å². The lowest BCUT2D eigenvalue weighted by molar-refractivity contribution is 0.254. The van der Waals surface area contributed by atoms with Gasteiger partial charge in [0.15, 0.2) is 11.6 Å². The Labute approximate surface area is 128 Å². The molecule has 2 aromatic carbocycles. The van der Waals surface area contributed by atoms with Crippen LogP contribution in [0.15, 0.2) is 42.5 Å². The van der Waals surface area contributed by atoms with E-state index in [1.807, 2.05) is 6.07 Å². The molecule has 21 heavy (non-hydrogen) atoms. The lowest BCUT2D eigenvalue weighted by Crippen LogP contribution is -2.33. The summed E-state index contributed by atoms with van der Waals surface area (Å²) in [7, 11) is 0. The van der Waals surface area contributed by atoms with Gasteiger partial charge in [0.1, 0.15) is 0 Å². The van der Waals surface area contributed by atoms with E-state index in [2.05, 4.69) is 23.1 Å². The Bertz CT molecular complexity index is 644. The van der Waals surface area contributed by atoms with Crippen molar-refractivity contribution in [1.29, 1.82) is 0 Å². The first-order chi connectivity index (χ1) is 10.1. The number of nitrogens with zero attached hydrogens (tertiary/aromatic N) is 1. The molecule has 110 valence electrons.